The molecule has 6 bridgehead atoms. The lowest BCUT2D eigenvalue weighted by atomic mass is 9.73. The Morgan fingerprint density at radius 2 is 0.870 bits per heavy atom. The molecule has 7 atom stereocenters. The molecule has 2 aromatic heterocycles. The maximum atomic E-state index is 12.9. The quantitative estimate of drug-likeness (QED) is 0.0922. The third-order valence-corrected chi connectivity index (χ3v) is 25.5. The number of hydrogen-bond donors (Lipinski definition) is 4. The minimum Gasteiger partial charge on any atom is -0.478 e. The van der Waals surface area contributed by atoms with Gasteiger partial charge in [-0.05, 0) is 264 Å². The summed E-state index contributed by atoms with van der Waals surface area (Å²) in [5.74, 6) is 4.06. The number of carboxylic acids is 1. The van der Waals surface area contributed by atoms with Gasteiger partial charge in [0, 0.05) is 133 Å². The zero-order chi connectivity index (χ0) is 85.6. The van der Waals surface area contributed by atoms with Gasteiger partial charge in [-0.1, -0.05) is 107 Å². The van der Waals surface area contributed by atoms with E-state index in [1.165, 1.54) is 110 Å². The molecule has 14 heterocycles. The van der Waals surface area contributed by atoms with E-state index in [0.29, 0.717) is 98.3 Å². The maximum absolute atomic E-state index is 12.9. The van der Waals surface area contributed by atoms with Crippen LogP contribution >= 0.6 is 34.8 Å². The van der Waals surface area contributed by atoms with Crippen molar-refractivity contribution in [3.05, 3.63) is 240 Å². The highest BCUT2D eigenvalue weighted by Gasteiger charge is 2.46. The predicted molar refractivity (Wildman–Crippen MR) is 481 cm³/mol. The summed E-state index contributed by atoms with van der Waals surface area (Å²) in [6.45, 7) is 13.2. The molecule has 10 saturated heterocycles. The number of nitrogens with one attached hydrogen (secondary N) is 3. The van der Waals surface area contributed by atoms with Crippen LogP contribution in [0.1, 0.15) is 219 Å². The summed E-state index contributed by atoms with van der Waals surface area (Å²) in [5, 5.41) is 21.6. The van der Waals surface area contributed by atoms with Crippen molar-refractivity contribution >= 4 is 120 Å². The number of halogens is 3. The Bertz CT molecular complexity index is 5730. The van der Waals surface area contributed by atoms with Crippen LogP contribution in [0.25, 0.3) is 49.5 Å². The minimum atomic E-state index is -1.05. The lowest BCUT2D eigenvalue weighted by Crippen LogP contribution is -2.48. The van der Waals surface area contributed by atoms with Crippen molar-refractivity contribution in [1.82, 2.24) is 35.6 Å². The largest absolute Gasteiger partial charge is 0.478 e. The zero-order valence-corrected chi connectivity index (χ0v) is 72.1. The second-order valence-corrected chi connectivity index (χ2v) is 37.1. The fourth-order valence-electron chi connectivity index (χ4n) is 19.9. The molecule has 123 heavy (non-hydrogen) atoms. The first kappa shape index (κ1) is 86.1. The number of benzene rings is 8. The molecule has 0 radical (unpaired) electrons. The van der Waals surface area contributed by atoms with Crippen molar-refractivity contribution in [3.8, 4) is 23.0 Å². The van der Waals surface area contributed by atoms with Crippen molar-refractivity contribution in [1.29, 1.82) is 0 Å². The number of alkyl halides is 3. The number of carboxylic acid groups (broad SMARTS) is 1. The topological polar surface area (TPSA) is 260 Å². The first-order valence-corrected chi connectivity index (χ1v) is 45.1. The van der Waals surface area contributed by atoms with Crippen molar-refractivity contribution in [2.75, 3.05) is 52.4 Å². The summed E-state index contributed by atoms with van der Waals surface area (Å²) in [5.41, 5.74) is 11.0. The van der Waals surface area contributed by atoms with Gasteiger partial charge < -0.3 is 63.7 Å². The van der Waals surface area contributed by atoms with Crippen LogP contribution in [0, 0.1) is 5.92 Å². The van der Waals surface area contributed by atoms with Gasteiger partial charge in [0.05, 0.1) is 27.1 Å². The molecule has 10 fully saturated rings. The van der Waals surface area contributed by atoms with Crippen LogP contribution in [0.15, 0.2) is 194 Å². The number of likely N-dealkylation sites (tertiary alicyclic amines) is 3. The number of carbonyl (C=O) groups excluding carboxylic acids is 5. The Labute approximate surface area is 730 Å². The number of fused-ring (bicyclic) bond motifs is 14. The fraction of sp³-hybridized carbons (Fsp3) is 0.414. The third kappa shape index (κ3) is 19.9. The lowest BCUT2D eigenvalue weighted by Gasteiger charge is -2.38. The molecule has 22 rings (SSSR count). The van der Waals surface area contributed by atoms with Crippen molar-refractivity contribution in [3.63, 3.8) is 0 Å². The number of amides is 4. The van der Waals surface area contributed by atoms with Crippen LogP contribution in [-0.2, 0) is 9.53 Å². The number of ketones is 1. The Kier molecular flexibility index (Phi) is 26.9. The average molecular weight is 1720 g/mol. The SMILES string of the molecule is C1CCNC1.CC(C)(C)OC(=O)N1C2CCC1CC(=O)C2.ClC(Cl)Cl.O=C(O)c1ccc2c(=O)c3ccccc3oc2c1.O=C(c1ccc2c(=O)c3ccccc3oc2c1)N1CCCC1.O=C(c1ccc2c(c1)Oc1ccccc1C2=C1CC2CCC(C1)N2)N1CCCC1.O=C(c1ccc2c(c1)Oc1ccccc1C2C1CC2CCC(C1)N2)N1CCCC1. The van der Waals surface area contributed by atoms with E-state index < -0.39 is 15.9 Å². The summed E-state index contributed by atoms with van der Waals surface area (Å²) >= 11 is 14.4. The second kappa shape index (κ2) is 38.4. The number of Topliss-reactive ketones (excluding diaryl/α,β-unsaturated/α-hetero) is 1. The van der Waals surface area contributed by atoms with E-state index in [9.17, 15) is 38.4 Å². The van der Waals surface area contributed by atoms with Gasteiger partial charge in [0.1, 0.15) is 56.7 Å². The van der Waals surface area contributed by atoms with Crippen LogP contribution in [-0.4, -0.2) is 159 Å². The third-order valence-electron chi connectivity index (χ3n) is 25.5. The van der Waals surface area contributed by atoms with Gasteiger partial charge in [0.15, 0.2) is 4.30 Å². The molecule has 12 aliphatic heterocycles. The number of piperidine rings is 3. The Hall–Kier alpha value is -10.4. The summed E-state index contributed by atoms with van der Waals surface area (Å²) in [6, 6.07) is 55.2. The molecule has 8 aromatic carbocycles. The predicted octanol–water partition coefficient (Wildman–Crippen LogP) is 19.7. The summed E-state index contributed by atoms with van der Waals surface area (Å²) in [7, 11) is 0. The summed E-state index contributed by atoms with van der Waals surface area (Å²) < 4.78 is 28.6. The van der Waals surface area contributed by atoms with E-state index in [2.05, 4.69) is 58.4 Å². The number of nitrogens with zero attached hydrogens (tertiary/aromatic N) is 4. The molecule has 0 spiro atoms. The van der Waals surface area contributed by atoms with E-state index in [1.807, 2.05) is 90.1 Å². The van der Waals surface area contributed by atoms with Gasteiger partial charge in [-0.15, -0.1) is 0 Å². The molecule has 0 aliphatic carbocycles. The van der Waals surface area contributed by atoms with E-state index in [1.54, 1.807) is 59.5 Å². The van der Waals surface area contributed by atoms with Crippen LogP contribution in [0.2, 0.25) is 0 Å². The average Bonchev–Trinajstić information content (AvgIpc) is 1.56. The highest BCUT2D eigenvalue weighted by molar-refractivity contribution is 6.63. The molecule has 21 nitrogen and oxygen atoms in total. The van der Waals surface area contributed by atoms with Gasteiger partial charge in [0.25, 0.3) is 17.7 Å². The minimum absolute atomic E-state index is 0.00945. The van der Waals surface area contributed by atoms with Crippen molar-refractivity contribution in [2.24, 2.45) is 5.92 Å². The first-order chi connectivity index (χ1) is 59.5. The van der Waals surface area contributed by atoms with Gasteiger partial charge in [0.2, 0.25) is 10.9 Å². The zero-order valence-electron chi connectivity index (χ0n) is 69.8. The van der Waals surface area contributed by atoms with Gasteiger partial charge in [-0.3, -0.25) is 28.8 Å². The molecule has 4 amide bonds. The molecular weight excluding hydrogens is 1620 g/mol. The highest BCUT2D eigenvalue weighted by atomic mass is 35.6. The van der Waals surface area contributed by atoms with E-state index in [4.69, 9.17) is 63.0 Å². The van der Waals surface area contributed by atoms with Crippen LogP contribution < -0.4 is 36.3 Å². The summed E-state index contributed by atoms with van der Waals surface area (Å²) in [4.78, 5) is 105. The standard InChI is InChI=1S/C25H28N2O2.C25H26N2O2.C18H15NO3.C14H8O4.C12H19NO3.C4H9N.CHCl3/c2*28-25(27-11-3-4-12-27)16-7-10-21-23(15-16)29-22-6-2-1-5-20(22)24(21)17-13-18-8-9-19(14-17)26-18;20-17-13-5-1-2-6-15(13)22-16-11-12(7-8-14(16)17)18(21)19-9-3-4-10-19;15-13-9-3-1-2-4-11(9)18-12-7-8(14(16)17)5-6-10(12)13;1-12(2,3)16-11(15)13-8-4-5-9(13)7-10(14)6-8;1-2-4-5-3-1;2-1(3)4/h1-2,5-7,10,15,17-19,24,26H,3-4,8-9,11-14H2;1-2,5-7,10,15,18-19,26H,3-4,8-9,11-14H2;1-2,5-8,11H,3-4,9-10H2;1-7H,(H,16,17);8-9H,4-7H2,1-3H3;5H,1-4H2;1H. The smallest absolute Gasteiger partial charge is 0.410 e. The Balaban J connectivity index is 0.000000113. The van der Waals surface area contributed by atoms with Crippen LogP contribution in [0.4, 0.5) is 4.79 Å². The fourth-order valence-corrected chi connectivity index (χ4v) is 19.9. The van der Waals surface area contributed by atoms with Gasteiger partial charge in [-0.25, -0.2) is 9.59 Å². The highest BCUT2D eigenvalue weighted by Crippen LogP contribution is 2.53. The van der Waals surface area contributed by atoms with Crippen LogP contribution in [0.5, 0.6) is 23.0 Å². The number of carbonyl (C=O) groups is 6. The summed E-state index contributed by atoms with van der Waals surface area (Å²) in [6.07, 6.45) is 21.8. The second-order valence-electron chi connectivity index (χ2n) is 35.1. The molecule has 7 unspecified atom stereocenters. The van der Waals surface area contributed by atoms with Gasteiger partial charge >= 0.3 is 12.1 Å². The van der Waals surface area contributed by atoms with Crippen LogP contribution in [0.3, 0.4) is 0 Å². The van der Waals surface area contributed by atoms with Crippen molar-refractivity contribution < 1.29 is 56.9 Å². The normalized spacial score (nSPS) is 22.3. The Morgan fingerprint density at radius 3 is 1.40 bits per heavy atom. The van der Waals surface area contributed by atoms with E-state index in [0.717, 1.165) is 143 Å². The number of hydrogen-bond acceptors (Lipinski definition) is 16. The monoisotopic (exact) mass is 1720 g/mol. The molecule has 10 aromatic rings. The first-order valence-electron chi connectivity index (χ1n) is 43.8. The molecule has 24 heteroatoms. The Morgan fingerprint density at radius 1 is 0.447 bits per heavy atom. The number of ether oxygens (including phenoxy) is 3. The lowest BCUT2D eigenvalue weighted by molar-refractivity contribution is -0.123. The number of para-hydroxylation sites is 4. The molecule has 4 N–H and O–H groups in total. The number of aromatic carboxylic acids is 1. The van der Waals surface area contributed by atoms with Gasteiger partial charge in [-0.2, -0.15) is 0 Å². The van der Waals surface area contributed by atoms with Crippen molar-refractivity contribution in [2.45, 2.75) is 201 Å². The van der Waals surface area contributed by atoms with E-state index in [-0.39, 0.29) is 58.1 Å². The molecule has 0 saturated carbocycles. The maximum Gasteiger partial charge on any atom is 0.410 e. The number of rotatable bonds is 5. The molecular formula is C99H106Cl3N7O14. The molecule has 12 aliphatic rings. The molecule has 642 valence electrons. The van der Waals surface area contributed by atoms with E-state index >= 15 is 0 Å².